The molecule has 0 atom stereocenters. The first-order chi connectivity index (χ1) is 15.2. The number of carbonyl (C=O) groups is 2. The van der Waals surface area contributed by atoms with Gasteiger partial charge in [-0.3, -0.25) is 9.59 Å². The highest BCUT2D eigenvalue weighted by molar-refractivity contribution is 7.89. The number of rotatable bonds is 7. The van der Waals surface area contributed by atoms with E-state index in [1.54, 1.807) is 0 Å². The molecule has 2 amide bonds. The molecular weight excluding hydrogens is 426 g/mol. The summed E-state index contributed by atoms with van der Waals surface area (Å²) in [7, 11) is -3.66. The van der Waals surface area contributed by atoms with Crippen LogP contribution in [0.25, 0.3) is 0 Å². The highest BCUT2D eigenvalue weighted by Gasteiger charge is 2.29. The minimum absolute atomic E-state index is 0.0600. The number of hydrogen-bond donors (Lipinski definition) is 2. The first-order valence-electron chi connectivity index (χ1n) is 10.6. The van der Waals surface area contributed by atoms with Crippen molar-refractivity contribution in [3.63, 3.8) is 0 Å². The van der Waals surface area contributed by atoms with E-state index >= 15 is 0 Å². The second-order valence-electron chi connectivity index (χ2n) is 8.09. The molecule has 2 N–H and O–H groups in total. The lowest BCUT2D eigenvalue weighted by Crippen LogP contribution is -2.46. The zero-order valence-electron chi connectivity index (χ0n) is 18.4. The average molecular weight is 456 g/mol. The largest absolute Gasteiger partial charge is 0.350 e. The molecule has 7 nitrogen and oxygen atoms in total. The second-order valence-corrected chi connectivity index (χ2v) is 10.0. The number of amides is 2. The third-order valence-electron chi connectivity index (χ3n) is 5.47. The molecule has 170 valence electrons. The summed E-state index contributed by atoms with van der Waals surface area (Å²) in [6.07, 6.45) is 2.29. The predicted octanol–water partition coefficient (Wildman–Crippen LogP) is 2.69. The molecule has 0 saturated carbocycles. The van der Waals surface area contributed by atoms with Gasteiger partial charge in [0.2, 0.25) is 15.9 Å². The summed E-state index contributed by atoms with van der Waals surface area (Å²) in [5, 5.41) is 5.68. The second kappa shape index (κ2) is 10.1. The van der Waals surface area contributed by atoms with E-state index in [0.717, 1.165) is 16.7 Å². The summed E-state index contributed by atoms with van der Waals surface area (Å²) in [5.74, 6) is -0.510. The predicted molar refractivity (Wildman–Crippen MR) is 124 cm³/mol. The summed E-state index contributed by atoms with van der Waals surface area (Å²) >= 11 is 0. The SMILES string of the molecule is C=CC(=O)NC1CCN(S(=O)(=O)c2ccc(C(=O)NCc3cc(C)cc(C)c3)cc2)CC1. The number of hydrogen-bond acceptors (Lipinski definition) is 4. The lowest BCUT2D eigenvalue weighted by molar-refractivity contribution is -0.117. The van der Waals surface area contributed by atoms with E-state index in [4.69, 9.17) is 0 Å². The molecule has 32 heavy (non-hydrogen) atoms. The maximum absolute atomic E-state index is 12.9. The molecule has 8 heteroatoms. The first kappa shape index (κ1) is 23.7. The van der Waals surface area contributed by atoms with Gasteiger partial charge in [-0.15, -0.1) is 0 Å². The van der Waals surface area contributed by atoms with Gasteiger partial charge < -0.3 is 10.6 Å². The van der Waals surface area contributed by atoms with Crippen LogP contribution in [0.15, 0.2) is 60.0 Å². The normalized spacial score (nSPS) is 15.2. The number of aryl methyl sites for hydroxylation is 2. The molecule has 0 aromatic heterocycles. The Morgan fingerprint density at radius 1 is 1.06 bits per heavy atom. The van der Waals surface area contributed by atoms with Crippen molar-refractivity contribution in [2.75, 3.05) is 13.1 Å². The minimum atomic E-state index is -3.66. The molecule has 0 spiro atoms. The molecule has 0 bridgehead atoms. The molecule has 1 saturated heterocycles. The Hall–Kier alpha value is -2.97. The Balaban J connectivity index is 1.60. The summed E-state index contributed by atoms with van der Waals surface area (Å²) in [6, 6.07) is 12.0. The molecule has 1 fully saturated rings. The van der Waals surface area contributed by atoms with Crippen LogP contribution in [-0.2, 0) is 21.4 Å². The monoisotopic (exact) mass is 455 g/mol. The molecule has 0 unspecified atom stereocenters. The van der Waals surface area contributed by atoms with Crippen LogP contribution in [0.1, 0.15) is 39.9 Å². The van der Waals surface area contributed by atoms with E-state index in [2.05, 4.69) is 23.3 Å². The lowest BCUT2D eigenvalue weighted by atomic mass is 10.1. The van der Waals surface area contributed by atoms with Crippen LogP contribution in [0.3, 0.4) is 0 Å². The van der Waals surface area contributed by atoms with Crippen LogP contribution in [0.5, 0.6) is 0 Å². The number of sulfonamides is 1. The third-order valence-corrected chi connectivity index (χ3v) is 7.39. The van der Waals surface area contributed by atoms with E-state index in [1.807, 2.05) is 26.0 Å². The molecule has 2 aromatic carbocycles. The van der Waals surface area contributed by atoms with Gasteiger partial charge in [-0.2, -0.15) is 4.31 Å². The van der Waals surface area contributed by atoms with Gasteiger partial charge in [-0.25, -0.2) is 8.42 Å². The first-order valence-corrected chi connectivity index (χ1v) is 12.0. The number of nitrogens with zero attached hydrogens (tertiary/aromatic N) is 1. The number of carbonyl (C=O) groups excluding carboxylic acids is 2. The fraction of sp³-hybridized carbons (Fsp3) is 0.333. The number of benzene rings is 2. The molecule has 1 aliphatic rings. The Morgan fingerprint density at radius 2 is 1.66 bits per heavy atom. The van der Waals surface area contributed by atoms with Crippen molar-refractivity contribution in [2.45, 2.75) is 44.2 Å². The average Bonchev–Trinajstić information content (AvgIpc) is 2.77. The van der Waals surface area contributed by atoms with E-state index < -0.39 is 10.0 Å². The smallest absolute Gasteiger partial charge is 0.251 e. The molecule has 0 radical (unpaired) electrons. The van der Waals surface area contributed by atoms with Crippen LogP contribution < -0.4 is 10.6 Å². The van der Waals surface area contributed by atoms with Gasteiger partial charge in [0.25, 0.3) is 5.91 Å². The maximum atomic E-state index is 12.9. The molecule has 1 heterocycles. The van der Waals surface area contributed by atoms with Crippen molar-refractivity contribution in [1.82, 2.24) is 14.9 Å². The van der Waals surface area contributed by atoms with Gasteiger partial charge in [0.1, 0.15) is 0 Å². The van der Waals surface area contributed by atoms with E-state index in [-0.39, 0.29) is 22.8 Å². The van der Waals surface area contributed by atoms with Gasteiger partial charge in [0, 0.05) is 31.2 Å². The van der Waals surface area contributed by atoms with E-state index in [0.29, 0.717) is 38.0 Å². The van der Waals surface area contributed by atoms with Crippen molar-refractivity contribution in [3.8, 4) is 0 Å². The van der Waals surface area contributed by atoms with Crippen molar-refractivity contribution >= 4 is 21.8 Å². The van der Waals surface area contributed by atoms with E-state index in [1.165, 1.54) is 34.6 Å². The van der Waals surface area contributed by atoms with Crippen LogP contribution >= 0.6 is 0 Å². The van der Waals surface area contributed by atoms with Crippen molar-refractivity contribution in [2.24, 2.45) is 0 Å². The number of piperidine rings is 1. The summed E-state index contributed by atoms with van der Waals surface area (Å²) in [5.41, 5.74) is 3.69. The zero-order chi connectivity index (χ0) is 23.3. The fourth-order valence-electron chi connectivity index (χ4n) is 3.88. The van der Waals surface area contributed by atoms with Crippen LogP contribution in [0.2, 0.25) is 0 Å². The molecule has 2 aromatic rings. The van der Waals surface area contributed by atoms with E-state index in [9.17, 15) is 18.0 Å². The van der Waals surface area contributed by atoms with Crippen molar-refractivity contribution in [1.29, 1.82) is 0 Å². The maximum Gasteiger partial charge on any atom is 0.251 e. The van der Waals surface area contributed by atoms with Crippen LogP contribution in [0, 0.1) is 13.8 Å². The van der Waals surface area contributed by atoms with Gasteiger partial charge in [-0.05, 0) is 62.6 Å². The standard InChI is InChI=1S/C24H29N3O4S/c1-4-23(28)26-21-9-11-27(12-10-21)32(30,31)22-7-5-20(6-8-22)24(29)25-16-19-14-17(2)13-18(3)15-19/h4-8,13-15,21H,1,9-12,16H2,2-3H3,(H,25,29)(H,26,28). The topological polar surface area (TPSA) is 95.6 Å². The molecule has 0 aliphatic carbocycles. The fourth-order valence-corrected chi connectivity index (χ4v) is 5.35. The van der Waals surface area contributed by atoms with Gasteiger partial charge in [-0.1, -0.05) is 35.9 Å². The number of nitrogens with one attached hydrogen (secondary N) is 2. The summed E-state index contributed by atoms with van der Waals surface area (Å²) in [4.78, 5) is 24.1. The Morgan fingerprint density at radius 3 is 2.22 bits per heavy atom. The highest BCUT2D eigenvalue weighted by Crippen LogP contribution is 2.21. The van der Waals surface area contributed by atoms with Gasteiger partial charge in [0.05, 0.1) is 4.90 Å². The highest BCUT2D eigenvalue weighted by atomic mass is 32.2. The Kier molecular flexibility index (Phi) is 7.48. The van der Waals surface area contributed by atoms with Crippen molar-refractivity contribution in [3.05, 3.63) is 77.4 Å². The molecular formula is C24H29N3O4S. The Labute approximate surface area is 189 Å². The molecule has 3 rings (SSSR count). The van der Waals surface area contributed by atoms with Crippen LogP contribution in [0.4, 0.5) is 0 Å². The zero-order valence-corrected chi connectivity index (χ0v) is 19.2. The third kappa shape index (κ3) is 5.83. The summed E-state index contributed by atoms with van der Waals surface area (Å²) in [6.45, 7) is 8.49. The van der Waals surface area contributed by atoms with Gasteiger partial charge in [0.15, 0.2) is 0 Å². The minimum Gasteiger partial charge on any atom is -0.350 e. The Bertz CT molecular complexity index is 1080. The van der Waals surface area contributed by atoms with Crippen LogP contribution in [-0.4, -0.2) is 43.7 Å². The quantitative estimate of drug-likeness (QED) is 0.628. The summed E-state index contributed by atoms with van der Waals surface area (Å²) < 4.78 is 27.3. The van der Waals surface area contributed by atoms with Crippen molar-refractivity contribution < 1.29 is 18.0 Å². The van der Waals surface area contributed by atoms with Gasteiger partial charge >= 0.3 is 0 Å². The lowest BCUT2D eigenvalue weighted by Gasteiger charge is -2.31. The molecule has 1 aliphatic heterocycles.